The minimum absolute atomic E-state index is 0.155. The molecule has 1 unspecified atom stereocenters. The summed E-state index contributed by atoms with van der Waals surface area (Å²) in [5.74, 6) is -2.06. The Balaban J connectivity index is 1.38. The summed E-state index contributed by atoms with van der Waals surface area (Å²) in [5.41, 5.74) is -3.15. The van der Waals surface area contributed by atoms with Gasteiger partial charge in [-0.25, -0.2) is 4.79 Å². The van der Waals surface area contributed by atoms with Crippen LogP contribution in [-0.2, 0) is 50.6 Å². The van der Waals surface area contributed by atoms with Gasteiger partial charge in [-0.15, -0.1) is 0 Å². The molecule has 1 aliphatic carbocycles. The van der Waals surface area contributed by atoms with Gasteiger partial charge in [-0.1, -0.05) is 44.2 Å². The third kappa shape index (κ3) is 5.19. The van der Waals surface area contributed by atoms with Gasteiger partial charge in [0.1, 0.15) is 11.2 Å². The number of carbonyl (C=O) groups excluding carboxylic acids is 4. The standard InChI is InChI=1S/C46H56N4O10/c1-7-42(55)22-28-23-45(40(53)58-5,36-30(14-18-48(24-28)25-42)29-12-9-10-13-33(29)47-36)32-20-31-34(21-35(32)57-4)50(26-51)38-44(31)16-19-49-17-11-15-43(8-2,37(44)49)39(60-27(3)52)46(38,56)41(54)59-6/h9-13,15,20-21,26,28,37-39,47,55-56H,7-8,14,16-19,22-25H2,1-6H3/t28-,37-,38+,39-,42-,43+,44+,45-,46+/m1/s1. The largest absolute Gasteiger partial charge is 0.496 e. The number of aromatic nitrogens is 1. The predicted molar refractivity (Wildman–Crippen MR) is 221 cm³/mol. The molecule has 1 amide bonds. The Morgan fingerprint density at radius 3 is 2.42 bits per heavy atom. The van der Waals surface area contributed by atoms with E-state index in [-0.39, 0.29) is 12.3 Å². The van der Waals surface area contributed by atoms with E-state index in [2.05, 4.69) is 20.9 Å². The van der Waals surface area contributed by atoms with Crippen molar-refractivity contribution in [3.8, 4) is 5.75 Å². The zero-order chi connectivity index (χ0) is 42.6. The Kier molecular flexibility index (Phi) is 9.58. The van der Waals surface area contributed by atoms with Gasteiger partial charge < -0.3 is 39.0 Å². The Morgan fingerprint density at radius 2 is 1.73 bits per heavy atom. The third-order valence-corrected chi connectivity index (χ3v) is 15.5. The second-order valence-electron chi connectivity index (χ2n) is 18.1. The molecule has 2 saturated heterocycles. The van der Waals surface area contributed by atoms with E-state index in [1.165, 1.54) is 33.2 Å². The number of carbonyl (C=O) groups is 4. The minimum Gasteiger partial charge on any atom is -0.496 e. The van der Waals surface area contributed by atoms with Gasteiger partial charge in [-0.05, 0) is 74.2 Å². The SMILES string of the molecule is CC[C@@]1(O)C[C@H]2CN(CCc3c([nH]c4ccccc34)[C@](C(=O)OC)(c3cc4c(cc3OC)N(C=O)[C@@H]3[C@@](O)(C(=O)OC)[C@H](OC(C)=O)[C@@]5(CC)C=CCN6CC[C@@]43[C@H]65)C2)C1. The van der Waals surface area contributed by atoms with E-state index in [1.807, 2.05) is 50.3 Å². The van der Waals surface area contributed by atoms with Crippen LogP contribution >= 0.6 is 0 Å². The molecule has 14 nitrogen and oxygen atoms in total. The first-order valence-corrected chi connectivity index (χ1v) is 21.3. The summed E-state index contributed by atoms with van der Waals surface area (Å²) in [6.45, 7) is 8.16. The first-order valence-electron chi connectivity index (χ1n) is 21.3. The van der Waals surface area contributed by atoms with E-state index in [4.69, 9.17) is 18.9 Å². The van der Waals surface area contributed by atoms with E-state index < -0.39 is 63.5 Å². The van der Waals surface area contributed by atoms with Crippen LogP contribution in [0.25, 0.3) is 10.9 Å². The van der Waals surface area contributed by atoms with Crippen LogP contribution in [0.4, 0.5) is 5.69 Å². The van der Waals surface area contributed by atoms with Crippen molar-refractivity contribution in [1.29, 1.82) is 0 Å². The number of rotatable bonds is 8. The molecule has 60 heavy (non-hydrogen) atoms. The van der Waals surface area contributed by atoms with Gasteiger partial charge in [0.2, 0.25) is 12.0 Å². The molecule has 2 aromatic carbocycles. The van der Waals surface area contributed by atoms with Crippen molar-refractivity contribution in [2.45, 2.75) is 99.5 Å². The number of amides is 1. The highest BCUT2D eigenvalue weighted by molar-refractivity contribution is 5.96. The number of ether oxygens (including phenoxy) is 4. The van der Waals surface area contributed by atoms with Crippen LogP contribution in [0.3, 0.4) is 0 Å². The van der Waals surface area contributed by atoms with Gasteiger partial charge in [-0.3, -0.25) is 24.2 Å². The van der Waals surface area contributed by atoms with Crippen LogP contribution in [0.5, 0.6) is 5.75 Å². The van der Waals surface area contributed by atoms with Crippen molar-refractivity contribution in [1.82, 2.24) is 14.8 Å². The lowest BCUT2D eigenvalue weighted by Gasteiger charge is -2.63. The lowest BCUT2D eigenvalue weighted by Crippen LogP contribution is -2.81. The molecule has 0 radical (unpaired) electrons. The molecule has 5 aliphatic heterocycles. The summed E-state index contributed by atoms with van der Waals surface area (Å²) < 4.78 is 23.7. The number of H-pyrrole nitrogens is 1. The Hall–Kier alpha value is -4.76. The first-order chi connectivity index (χ1) is 28.8. The number of benzene rings is 2. The number of anilines is 1. The van der Waals surface area contributed by atoms with Crippen LogP contribution in [0, 0.1) is 11.3 Å². The zero-order valence-electron chi connectivity index (χ0n) is 35.3. The fourth-order valence-corrected chi connectivity index (χ4v) is 13.4. The summed E-state index contributed by atoms with van der Waals surface area (Å²) in [5, 5.41) is 26.3. The summed E-state index contributed by atoms with van der Waals surface area (Å²) in [6, 6.07) is 9.97. The Labute approximate surface area is 349 Å². The number of aromatic amines is 1. The zero-order valence-corrected chi connectivity index (χ0v) is 35.3. The van der Waals surface area contributed by atoms with Crippen molar-refractivity contribution in [2.24, 2.45) is 11.3 Å². The quantitative estimate of drug-likeness (QED) is 0.131. The normalized spacial score (nSPS) is 36.5. The molecule has 6 heterocycles. The fraction of sp³-hybridized carbons (Fsp3) is 0.565. The average molecular weight is 825 g/mol. The maximum atomic E-state index is 15.3. The van der Waals surface area contributed by atoms with Crippen molar-refractivity contribution >= 4 is 40.9 Å². The smallest absolute Gasteiger partial charge is 0.344 e. The lowest BCUT2D eigenvalue weighted by atomic mass is 9.47. The average Bonchev–Trinajstić information content (AvgIpc) is 3.92. The number of para-hydroxylation sites is 1. The van der Waals surface area contributed by atoms with Crippen LogP contribution in [0.1, 0.15) is 75.3 Å². The number of esters is 3. The molecule has 6 aliphatic rings. The van der Waals surface area contributed by atoms with E-state index >= 15 is 4.79 Å². The molecule has 14 heteroatoms. The molecule has 3 fully saturated rings. The van der Waals surface area contributed by atoms with E-state index in [0.717, 1.165) is 16.5 Å². The van der Waals surface area contributed by atoms with Gasteiger partial charge in [0.15, 0.2) is 6.10 Å². The molecular formula is C46H56N4O10. The number of fused-ring (bicyclic) bond motifs is 6. The molecule has 1 aromatic heterocycles. The van der Waals surface area contributed by atoms with Crippen LogP contribution in [-0.4, -0.2) is 133 Å². The number of hydrogen-bond donors (Lipinski definition) is 3. The highest BCUT2D eigenvalue weighted by atomic mass is 16.6. The van der Waals surface area contributed by atoms with E-state index in [0.29, 0.717) is 99.5 Å². The van der Waals surface area contributed by atoms with E-state index in [9.17, 15) is 24.6 Å². The molecule has 320 valence electrons. The number of methoxy groups -OCH3 is 3. The number of aliphatic hydroxyl groups is 2. The van der Waals surface area contributed by atoms with Crippen molar-refractivity contribution in [3.63, 3.8) is 0 Å². The fourth-order valence-electron chi connectivity index (χ4n) is 13.4. The number of hydrogen-bond acceptors (Lipinski definition) is 12. The van der Waals surface area contributed by atoms with E-state index in [1.54, 1.807) is 6.07 Å². The highest BCUT2D eigenvalue weighted by Gasteiger charge is 2.81. The predicted octanol–water partition coefficient (Wildman–Crippen LogP) is 3.52. The van der Waals surface area contributed by atoms with Gasteiger partial charge in [0.05, 0.1) is 38.7 Å². The van der Waals surface area contributed by atoms with Crippen LogP contribution in [0.15, 0.2) is 48.6 Å². The molecular weight excluding hydrogens is 769 g/mol. The minimum atomic E-state index is -2.53. The van der Waals surface area contributed by atoms with Crippen molar-refractivity contribution in [2.75, 3.05) is 59.0 Å². The molecule has 10 atom stereocenters. The third-order valence-electron chi connectivity index (χ3n) is 15.5. The Bertz CT molecular complexity index is 2310. The molecule has 1 saturated carbocycles. The second kappa shape index (κ2) is 14.1. The second-order valence-corrected chi connectivity index (χ2v) is 18.1. The highest BCUT2D eigenvalue weighted by Crippen LogP contribution is 2.68. The number of nitrogens with zero attached hydrogens (tertiary/aromatic N) is 3. The molecule has 3 N–H and O–H groups in total. The first kappa shape index (κ1) is 40.6. The van der Waals surface area contributed by atoms with Gasteiger partial charge >= 0.3 is 17.9 Å². The van der Waals surface area contributed by atoms with Crippen molar-refractivity contribution < 1.29 is 48.3 Å². The summed E-state index contributed by atoms with van der Waals surface area (Å²) >= 11 is 0. The Morgan fingerprint density at radius 1 is 0.967 bits per heavy atom. The summed E-state index contributed by atoms with van der Waals surface area (Å²) in [7, 11) is 4.09. The molecule has 2 bridgehead atoms. The molecule has 1 spiro atoms. The van der Waals surface area contributed by atoms with Crippen LogP contribution < -0.4 is 9.64 Å². The molecule has 3 aromatic rings. The summed E-state index contributed by atoms with van der Waals surface area (Å²) in [6.07, 6.45) is 5.83. The monoisotopic (exact) mass is 824 g/mol. The van der Waals surface area contributed by atoms with Crippen LogP contribution in [0.2, 0.25) is 0 Å². The topological polar surface area (TPSA) is 171 Å². The van der Waals surface area contributed by atoms with Crippen molar-refractivity contribution in [3.05, 3.63) is 70.9 Å². The molecule has 9 rings (SSSR count). The van der Waals surface area contributed by atoms with Gasteiger partial charge in [0, 0.05) is 78.2 Å². The number of nitrogens with one attached hydrogen (secondary N) is 1. The maximum Gasteiger partial charge on any atom is 0.344 e. The maximum absolute atomic E-state index is 15.3. The lowest BCUT2D eigenvalue weighted by molar-refractivity contribution is -0.228. The van der Waals surface area contributed by atoms with Gasteiger partial charge in [0.25, 0.3) is 0 Å². The van der Waals surface area contributed by atoms with Gasteiger partial charge in [-0.2, -0.15) is 0 Å². The number of piperidine rings is 1. The summed E-state index contributed by atoms with van der Waals surface area (Å²) in [4.78, 5) is 66.1.